The van der Waals surface area contributed by atoms with Gasteiger partial charge in [0, 0.05) is 19.5 Å². The summed E-state index contributed by atoms with van der Waals surface area (Å²) in [4.78, 5) is 4.37. The van der Waals surface area contributed by atoms with Crippen LogP contribution in [0.15, 0.2) is 4.52 Å². The van der Waals surface area contributed by atoms with Crippen LogP contribution in [-0.2, 0) is 11.2 Å². The van der Waals surface area contributed by atoms with Crippen LogP contribution in [0.2, 0.25) is 0 Å². The molecule has 1 aromatic heterocycles. The maximum atomic E-state index is 5.54. The van der Waals surface area contributed by atoms with Gasteiger partial charge in [0.25, 0.3) is 5.89 Å². The summed E-state index contributed by atoms with van der Waals surface area (Å²) < 4.78 is 10.7. The minimum absolute atomic E-state index is 0.0563. The van der Waals surface area contributed by atoms with E-state index < -0.39 is 0 Å². The maximum Gasteiger partial charge on any atom is 0.257 e. The molecule has 0 amide bonds. The fourth-order valence-corrected chi connectivity index (χ4v) is 1.79. The lowest BCUT2D eigenvalue weighted by atomic mass is 10.3. The summed E-state index contributed by atoms with van der Waals surface area (Å²) in [6.45, 7) is 2.38. The molecule has 0 radical (unpaired) electrons. The quantitative estimate of drug-likeness (QED) is 0.793. The monoisotopic (exact) mass is 209 g/mol. The van der Waals surface area contributed by atoms with Crippen molar-refractivity contribution in [1.29, 1.82) is 0 Å². The summed E-state index contributed by atoms with van der Waals surface area (Å²) in [7, 11) is 0. The van der Waals surface area contributed by atoms with Crippen molar-refractivity contribution in [2.75, 3.05) is 19.7 Å². The summed E-state index contributed by atoms with van der Waals surface area (Å²) in [5.41, 5.74) is 0. The lowest BCUT2D eigenvalue weighted by Gasteiger charge is -2.19. The van der Waals surface area contributed by atoms with Crippen LogP contribution in [0.5, 0.6) is 0 Å². The van der Waals surface area contributed by atoms with Gasteiger partial charge in [-0.3, -0.25) is 0 Å². The first kappa shape index (κ1) is 9.30. The van der Waals surface area contributed by atoms with Gasteiger partial charge < -0.3 is 14.6 Å². The summed E-state index contributed by atoms with van der Waals surface area (Å²) in [5, 5.41) is 7.22. The summed E-state index contributed by atoms with van der Waals surface area (Å²) >= 11 is 0. The second-order valence-corrected chi connectivity index (χ2v) is 4.26. The molecular formula is C10H15N3O2. The average Bonchev–Trinajstić information content (AvgIpc) is 2.96. The largest absolute Gasteiger partial charge is 0.366 e. The highest BCUT2D eigenvalue weighted by Crippen LogP contribution is 2.32. The topological polar surface area (TPSA) is 60.2 Å². The summed E-state index contributed by atoms with van der Waals surface area (Å²) in [5.74, 6) is 2.25. The molecule has 2 aliphatic rings. The van der Waals surface area contributed by atoms with Crippen molar-refractivity contribution in [2.24, 2.45) is 5.92 Å². The van der Waals surface area contributed by atoms with Crippen LogP contribution < -0.4 is 5.32 Å². The standard InChI is InChI=1S/C10H15N3O2/c1-2-7(1)5-9-12-10(15-13-9)8-6-11-3-4-14-8/h7-8,11H,1-6H2/t8-/m1/s1. The van der Waals surface area contributed by atoms with Crippen LogP contribution in [-0.4, -0.2) is 29.8 Å². The zero-order valence-corrected chi connectivity index (χ0v) is 8.61. The fourth-order valence-electron chi connectivity index (χ4n) is 1.79. The van der Waals surface area contributed by atoms with Gasteiger partial charge in [-0.05, 0) is 18.8 Å². The highest BCUT2D eigenvalue weighted by Gasteiger charge is 2.26. The Labute approximate surface area is 88.2 Å². The molecule has 1 saturated heterocycles. The first-order valence-corrected chi connectivity index (χ1v) is 5.56. The third-order valence-electron chi connectivity index (χ3n) is 2.86. The Bertz CT molecular complexity index is 329. The lowest BCUT2D eigenvalue weighted by molar-refractivity contribution is 0.00755. The number of ether oxygens (including phenoxy) is 1. The van der Waals surface area contributed by atoms with Crippen LogP contribution in [0, 0.1) is 5.92 Å². The molecule has 15 heavy (non-hydrogen) atoms. The minimum Gasteiger partial charge on any atom is -0.366 e. The number of aromatic nitrogens is 2. The number of hydrogen-bond donors (Lipinski definition) is 1. The molecule has 2 heterocycles. The van der Waals surface area contributed by atoms with Gasteiger partial charge in [0.1, 0.15) is 6.10 Å². The van der Waals surface area contributed by atoms with Crippen molar-refractivity contribution in [3.8, 4) is 0 Å². The zero-order chi connectivity index (χ0) is 10.1. The molecule has 3 rings (SSSR count). The van der Waals surface area contributed by atoms with Gasteiger partial charge in [-0.25, -0.2) is 0 Å². The SMILES string of the molecule is C1CO[C@@H](c2nc(CC3CC3)no2)CN1. The number of morpholine rings is 1. The van der Waals surface area contributed by atoms with Gasteiger partial charge in [0.05, 0.1) is 6.61 Å². The summed E-state index contributed by atoms with van der Waals surface area (Å²) in [6, 6.07) is 0. The van der Waals surface area contributed by atoms with Crippen LogP contribution in [0.1, 0.15) is 30.7 Å². The molecule has 5 heteroatoms. The van der Waals surface area contributed by atoms with E-state index in [0.29, 0.717) is 12.5 Å². The minimum atomic E-state index is -0.0563. The number of nitrogens with zero attached hydrogens (tertiary/aromatic N) is 2. The summed E-state index contributed by atoms with van der Waals surface area (Å²) in [6.07, 6.45) is 3.53. The van der Waals surface area contributed by atoms with E-state index in [0.717, 1.165) is 31.3 Å². The van der Waals surface area contributed by atoms with Gasteiger partial charge in [-0.15, -0.1) is 0 Å². The molecule has 0 unspecified atom stereocenters. The molecular weight excluding hydrogens is 194 g/mol. The van der Waals surface area contributed by atoms with Gasteiger partial charge in [0.2, 0.25) is 0 Å². The van der Waals surface area contributed by atoms with E-state index in [4.69, 9.17) is 9.26 Å². The van der Waals surface area contributed by atoms with Crippen molar-refractivity contribution in [1.82, 2.24) is 15.5 Å². The normalized spacial score (nSPS) is 26.8. The van der Waals surface area contributed by atoms with Crippen LogP contribution >= 0.6 is 0 Å². The molecule has 0 bridgehead atoms. The number of hydrogen-bond acceptors (Lipinski definition) is 5. The number of rotatable bonds is 3. The first-order valence-electron chi connectivity index (χ1n) is 5.56. The van der Waals surface area contributed by atoms with Gasteiger partial charge in [-0.1, -0.05) is 5.16 Å². The van der Waals surface area contributed by atoms with Crippen LogP contribution in [0.4, 0.5) is 0 Å². The molecule has 0 spiro atoms. The van der Waals surface area contributed by atoms with Crippen molar-refractivity contribution in [3.05, 3.63) is 11.7 Å². The molecule has 0 aromatic carbocycles. The predicted octanol–water partition coefficient (Wildman–Crippen LogP) is 0.683. The smallest absolute Gasteiger partial charge is 0.257 e. The van der Waals surface area contributed by atoms with Crippen molar-refractivity contribution in [3.63, 3.8) is 0 Å². The average molecular weight is 209 g/mol. The Morgan fingerprint density at radius 1 is 1.40 bits per heavy atom. The van der Waals surface area contributed by atoms with Crippen molar-refractivity contribution >= 4 is 0 Å². The molecule has 82 valence electrons. The third-order valence-corrected chi connectivity index (χ3v) is 2.86. The second kappa shape index (κ2) is 3.90. The van der Waals surface area contributed by atoms with Crippen LogP contribution in [0.25, 0.3) is 0 Å². The van der Waals surface area contributed by atoms with E-state index in [1.807, 2.05) is 0 Å². The highest BCUT2D eigenvalue weighted by atomic mass is 16.5. The third kappa shape index (κ3) is 2.18. The maximum absolute atomic E-state index is 5.54. The molecule has 1 N–H and O–H groups in total. The van der Waals surface area contributed by atoms with E-state index in [9.17, 15) is 0 Å². The van der Waals surface area contributed by atoms with E-state index in [1.165, 1.54) is 12.8 Å². The molecule has 1 aliphatic carbocycles. The molecule has 1 atom stereocenters. The fraction of sp³-hybridized carbons (Fsp3) is 0.800. The molecule has 1 saturated carbocycles. The number of nitrogens with one attached hydrogen (secondary N) is 1. The molecule has 5 nitrogen and oxygen atoms in total. The Morgan fingerprint density at radius 2 is 2.33 bits per heavy atom. The first-order chi connectivity index (χ1) is 7.42. The van der Waals surface area contributed by atoms with E-state index in [-0.39, 0.29) is 6.10 Å². The second-order valence-electron chi connectivity index (χ2n) is 4.26. The van der Waals surface area contributed by atoms with Gasteiger partial charge in [-0.2, -0.15) is 4.98 Å². The van der Waals surface area contributed by atoms with Gasteiger partial charge >= 0.3 is 0 Å². The van der Waals surface area contributed by atoms with E-state index in [2.05, 4.69) is 15.5 Å². The van der Waals surface area contributed by atoms with E-state index >= 15 is 0 Å². The predicted molar refractivity (Wildman–Crippen MR) is 52.3 cm³/mol. The lowest BCUT2D eigenvalue weighted by Crippen LogP contribution is -2.33. The molecule has 1 aliphatic heterocycles. The van der Waals surface area contributed by atoms with Crippen LogP contribution in [0.3, 0.4) is 0 Å². The Balaban J connectivity index is 1.65. The zero-order valence-electron chi connectivity index (χ0n) is 8.61. The Hall–Kier alpha value is -0.940. The molecule has 1 aromatic rings. The highest BCUT2D eigenvalue weighted by molar-refractivity contribution is 4.95. The van der Waals surface area contributed by atoms with Gasteiger partial charge in [0.15, 0.2) is 5.82 Å². The molecule has 2 fully saturated rings. The van der Waals surface area contributed by atoms with Crippen molar-refractivity contribution < 1.29 is 9.26 Å². The van der Waals surface area contributed by atoms with E-state index in [1.54, 1.807) is 0 Å². The Kier molecular flexibility index (Phi) is 2.42. The Morgan fingerprint density at radius 3 is 3.07 bits per heavy atom. The van der Waals surface area contributed by atoms with Crippen molar-refractivity contribution in [2.45, 2.75) is 25.4 Å².